The predicted molar refractivity (Wildman–Crippen MR) is 120 cm³/mol. The first kappa shape index (κ1) is 23.0. The molecule has 0 radical (unpaired) electrons. The minimum absolute atomic E-state index is 0.0951. The Morgan fingerprint density at radius 2 is 1.71 bits per heavy atom. The van der Waals surface area contributed by atoms with E-state index >= 15 is 0 Å². The molecule has 2 aromatic carbocycles. The first-order chi connectivity index (χ1) is 14.6. The molecule has 1 aliphatic heterocycles. The second-order valence-electron chi connectivity index (χ2n) is 8.70. The number of ether oxygens (including phenoxy) is 1. The molecular formula is C24H29BFNO4. The van der Waals surface area contributed by atoms with E-state index in [4.69, 9.17) is 14.0 Å². The molecule has 0 aliphatic carbocycles. The summed E-state index contributed by atoms with van der Waals surface area (Å²) < 4.78 is 32.2. The fourth-order valence-corrected chi connectivity index (χ4v) is 3.13. The highest BCUT2D eigenvalue weighted by Crippen LogP contribution is 2.38. The zero-order valence-corrected chi connectivity index (χ0v) is 18.7. The maximum atomic E-state index is 14.6. The van der Waals surface area contributed by atoms with E-state index in [1.165, 1.54) is 0 Å². The van der Waals surface area contributed by atoms with Crippen molar-refractivity contribution in [3.8, 4) is 0 Å². The van der Waals surface area contributed by atoms with E-state index in [1.54, 1.807) is 31.2 Å². The lowest BCUT2D eigenvalue weighted by Gasteiger charge is -2.32. The highest BCUT2D eigenvalue weighted by atomic mass is 19.1. The summed E-state index contributed by atoms with van der Waals surface area (Å²) >= 11 is 0. The predicted octanol–water partition coefficient (Wildman–Crippen LogP) is 5.08. The van der Waals surface area contributed by atoms with Crippen molar-refractivity contribution in [2.24, 2.45) is 0 Å². The van der Waals surface area contributed by atoms with Gasteiger partial charge in [-0.3, -0.25) is 0 Å². The maximum absolute atomic E-state index is 14.6. The molecule has 1 heterocycles. The third-order valence-corrected chi connectivity index (χ3v) is 5.77. The van der Waals surface area contributed by atoms with Gasteiger partial charge in [-0.2, -0.15) is 0 Å². The van der Waals surface area contributed by atoms with Crippen LogP contribution < -0.4 is 5.32 Å². The molecule has 0 saturated carbocycles. The molecule has 5 nitrogen and oxygen atoms in total. The molecule has 7 heteroatoms. The number of halogens is 1. The molecule has 3 rings (SSSR count). The molecule has 164 valence electrons. The Labute approximate surface area is 183 Å². The average molecular weight is 425 g/mol. The number of nitrogens with one attached hydrogen (secondary N) is 1. The molecule has 1 N–H and O–H groups in total. The van der Waals surface area contributed by atoms with Gasteiger partial charge in [0.05, 0.1) is 11.2 Å². The molecule has 1 saturated heterocycles. The van der Waals surface area contributed by atoms with Crippen molar-refractivity contribution in [3.63, 3.8) is 0 Å². The zero-order chi connectivity index (χ0) is 22.6. The van der Waals surface area contributed by atoms with Crippen molar-refractivity contribution >= 4 is 19.3 Å². The number of carbonyl (C=O) groups is 1. The Morgan fingerprint density at radius 1 is 1.06 bits per heavy atom. The Morgan fingerprint density at radius 3 is 2.35 bits per heavy atom. The van der Waals surface area contributed by atoms with E-state index in [9.17, 15) is 9.18 Å². The van der Waals surface area contributed by atoms with Crippen molar-refractivity contribution in [2.45, 2.75) is 52.4 Å². The van der Waals surface area contributed by atoms with E-state index < -0.39 is 24.4 Å². The van der Waals surface area contributed by atoms with E-state index in [2.05, 4.69) is 5.32 Å². The van der Waals surface area contributed by atoms with Crippen LogP contribution in [0.2, 0.25) is 0 Å². The lowest BCUT2D eigenvalue weighted by molar-refractivity contribution is 0.00578. The molecule has 0 unspecified atom stereocenters. The van der Waals surface area contributed by atoms with Crippen LogP contribution in [0.3, 0.4) is 0 Å². The second kappa shape index (κ2) is 9.24. The van der Waals surface area contributed by atoms with E-state index in [1.807, 2.05) is 58.0 Å². The van der Waals surface area contributed by atoms with Crippen LogP contribution in [0.25, 0.3) is 6.08 Å². The van der Waals surface area contributed by atoms with E-state index in [0.29, 0.717) is 16.6 Å². The minimum Gasteiger partial charge on any atom is -0.445 e. The molecular weight excluding hydrogens is 396 g/mol. The smallest absolute Gasteiger partial charge is 0.445 e. The van der Waals surface area contributed by atoms with Gasteiger partial charge in [0.25, 0.3) is 0 Å². The van der Waals surface area contributed by atoms with Gasteiger partial charge in [-0.25, -0.2) is 9.18 Å². The number of carbonyl (C=O) groups excluding carboxylic acids is 1. The number of hydrogen-bond acceptors (Lipinski definition) is 4. The molecule has 1 amide bonds. The van der Waals surface area contributed by atoms with Crippen LogP contribution in [0.4, 0.5) is 9.18 Å². The first-order valence-corrected chi connectivity index (χ1v) is 10.3. The molecule has 0 atom stereocenters. The normalized spacial score (nSPS) is 17.5. The molecule has 31 heavy (non-hydrogen) atoms. The SMILES string of the molecule is Cc1cccc(C=C(CNC(=O)OCc2ccccc2)B2OC(C)(C)C(C)(C)O2)c1F. The summed E-state index contributed by atoms with van der Waals surface area (Å²) in [6.07, 6.45) is 1.10. The average Bonchev–Trinajstić information content (AvgIpc) is 2.94. The van der Waals surface area contributed by atoms with Crippen LogP contribution in [0, 0.1) is 12.7 Å². The van der Waals surface area contributed by atoms with Crippen LogP contribution in [-0.2, 0) is 20.7 Å². The summed E-state index contributed by atoms with van der Waals surface area (Å²) in [6, 6.07) is 14.6. The van der Waals surface area contributed by atoms with Gasteiger partial charge >= 0.3 is 13.2 Å². The van der Waals surface area contributed by atoms with Gasteiger partial charge < -0.3 is 19.4 Å². The molecule has 0 spiro atoms. The Balaban J connectivity index is 1.75. The summed E-state index contributed by atoms with van der Waals surface area (Å²) in [5.74, 6) is -0.317. The monoisotopic (exact) mass is 425 g/mol. The summed E-state index contributed by atoms with van der Waals surface area (Å²) in [7, 11) is -0.723. The van der Waals surface area contributed by atoms with Crippen molar-refractivity contribution < 1.29 is 23.2 Å². The fraction of sp³-hybridized carbons (Fsp3) is 0.375. The molecule has 1 fully saturated rings. The van der Waals surface area contributed by atoms with Gasteiger partial charge in [0.15, 0.2) is 0 Å². The van der Waals surface area contributed by atoms with Crippen molar-refractivity contribution in [2.75, 3.05) is 6.54 Å². The Hall–Kier alpha value is -2.64. The zero-order valence-electron chi connectivity index (χ0n) is 18.7. The summed E-state index contributed by atoms with van der Waals surface area (Å²) in [6.45, 7) is 9.74. The summed E-state index contributed by atoms with van der Waals surface area (Å²) in [5, 5.41) is 2.73. The third kappa shape index (κ3) is 5.54. The highest BCUT2D eigenvalue weighted by molar-refractivity contribution is 6.56. The van der Waals surface area contributed by atoms with Gasteiger partial charge in [-0.05, 0) is 51.2 Å². The van der Waals surface area contributed by atoms with Gasteiger partial charge in [0, 0.05) is 12.1 Å². The van der Waals surface area contributed by atoms with Crippen LogP contribution >= 0.6 is 0 Å². The van der Waals surface area contributed by atoms with E-state index in [-0.39, 0.29) is 19.0 Å². The Bertz CT molecular complexity index is 943. The third-order valence-electron chi connectivity index (χ3n) is 5.77. The van der Waals surface area contributed by atoms with Crippen LogP contribution in [-0.4, -0.2) is 31.0 Å². The quantitative estimate of drug-likeness (QED) is 0.657. The number of hydrogen-bond donors (Lipinski definition) is 1. The van der Waals surface area contributed by atoms with Crippen molar-refractivity contribution in [3.05, 3.63) is 76.5 Å². The summed E-state index contributed by atoms with van der Waals surface area (Å²) in [4.78, 5) is 12.2. The highest BCUT2D eigenvalue weighted by Gasteiger charge is 2.52. The second-order valence-corrected chi connectivity index (χ2v) is 8.70. The van der Waals surface area contributed by atoms with Crippen molar-refractivity contribution in [1.29, 1.82) is 0 Å². The number of amides is 1. The topological polar surface area (TPSA) is 56.8 Å². The first-order valence-electron chi connectivity index (χ1n) is 10.3. The van der Waals surface area contributed by atoms with Crippen LogP contribution in [0.5, 0.6) is 0 Å². The fourth-order valence-electron chi connectivity index (χ4n) is 3.13. The van der Waals surface area contributed by atoms with Gasteiger partial charge in [-0.15, -0.1) is 0 Å². The maximum Gasteiger partial charge on any atom is 0.492 e. The number of alkyl carbamates (subject to hydrolysis) is 1. The van der Waals surface area contributed by atoms with E-state index in [0.717, 1.165) is 5.56 Å². The number of aryl methyl sites for hydroxylation is 1. The minimum atomic E-state index is -0.723. The lowest BCUT2D eigenvalue weighted by Crippen LogP contribution is -2.41. The molecule has 0 aromatic heterocycles. The largest absolute Gasteiger partial charge is 0.492 e. The van der Waals surface area contributed by atoms with Gasteiger partial charge in [-0.1, -0.05) is 54.6 Å². The molecule has 1 aliphatic rings. The van der Waals surface area contributed by atoms with Crippen LogP contribution in [0.15, 0.2) is 54.0 Å². The van der Waals surface area contributed by atoms with Crippen LogP contribution in [0.1, 0.15) is 44.4 Å². The van der Waals surface area contributed by atoms with Crippen molar-refractivity contribution in [1.82, 2.24) is 5.32 Å². The van der Waals surface area contributed by atoms with Gasteiger partial charge in [0.2, 0.25) is 0 Å². The summed E-state index contributed by atoms with van der Waals surface area (Å²) in [5.41, 5.74) is 1.31. The number of benzene rings is 2. The number of rotatable bonds is 6. The standard InChI is InChI=1S/C24H29BFNO4/c1-17-10-9-13-19(21(17)26)14-20(25-30-23(2,3)24(4,5)31-25)15-27-22(28)29-16-18-11-7-6-8-12-18/h6-14H,15-16H2,1-5H3,(H,27,28). The molecule has 2 aromatic rings. The lowest BCUT2D eigenvalue weighted by atomic mass is 9.77. The molecule has 0 bridgehead atoms. The Kier molecular flexibility index (Phi) is 6.87. The van der Waals surface area contributed by atoms with Gasteiger partial charge in [0.1, 0.15) is 12.4 Å².